The van der Waals surface area contributed by atoms with E-state index in [1.54, 1.807) is 6.08 Å². The van der Waals surface area contributed by atoms with Gasteiger partial charge < -0.3 is 14.6 Å². The van der Waals surface area contributed by atoms with Crippen LogP contribution in [0.25, 0.3) is 0 Å². The lowest BCUT2D eigenvalue weighted by Gasteiger charge is -2.16. The zero-order chi connectivity index (χ0) is 20.2. The Labute approximate surface area is 171 Å². The number of hydrogen-bond acceptors (Lipinski definition) is 6. The Kier molecular flexibility index (Phi) is 10.1. The fourth-order valence-corrected chi connectivity index (χ4v) is 4.55. The number of rotatable bonds is 12. The first kappa shape index (κ1) is 22.5. The van der Waals surface area contributed by atoms with Gasteiger partial charge in [-0.25, -0.2) is 0 Å². The first-order valence-corrected chi connectivity index (χ1v) is 10.9. The summed E-state index contributed by atoms with van der Waals surface area (Å²) in [4.78, 5) is 23.0. The second kappa shape index (κ2) is 12.6. The highest BCUT2D eigenvalue weighted by Gasteiger charge is 2.31. The Bertz CT molecular complexity index is 631. The van der Waals surface area contributed by atoms with Gasteiger partial charge in [0.2, 0.25) is 0 Å². The number of Topliss-reactive ketones (excluding diaryl/α,β-unsaturated/α-hetero) is 1. The monoisotopic (exact) mass is 406 g/mol. The molecule has 0 aromatic heterocycles. The van der Waals surface area contributed by atoms with Gasteiger partial charge >= 0.3 is 5.97 Å². The number of para-hydroxylation sites is 1. The van der Waals surface area contributed by atoms with Crippen molar-refractivity contribution in [1.29, 1.82) is 0 Å². The molecule has 1 aliphatic rings. The molecule has 6 heteroatoms. The molecule has 154 valence electrons. The highest BCUT2D eigenvalue weighted by Crippen LogP contribution is 2.34. The van der Waals surface area contributed by atoms with Crippen LogP contribution in [0.15, 0.2) is 42.5 Å². The zero-order valence-corrected chi connectivity index (χ0v) is 17.2. The van der Waals surface area contributed by atoms with Gasteiger partial charge in [0.15, 0.2) is 0 Å². The minimum atomic E-state index is -0.695. The summed E-state index contributed by atoms with van der Waals surface area (Å²) < 4.78 is 10.2. The minimum absolute atomic E-state index is 0.158. The molecule has 1 aliphatic carbocycles. The Morgan fingerprint density at radius 1 is 1.25 bits per heavy atom. The SMILES string of the molecule is COC(=O)CCCCCS[C@H]1CC(=O)C[C@@H]1/C=C/[C@H](O)COc1ccccc1. The Morgan fingerprint density at radius 2 is 2.04 bits per heavy atom. The van der Waals surface area contributed by atoms with E-state index in [4.69, 9.17) is 4.74 Å². The summed E-state index contributed by atoms with van der Waals surface area (Å²) >= 11 is 1.82. The molecule has 1 N–H and O–H groups in total. The van der Waals surface area contributed by atoms with E-state index < -0.39 is 6.10 Å². The van der Waals surface area contributed by atoms with Crippen LogP contribution in [0, 0.1) is 5.92 Å². The summed E-state index contributed by atoms with van der Waals surface area (Å²) in [5.41, 5.74) is 0. The number of carbonyl (C=O) groups is 2. The third kappa shape index (κ3) is 8.48. The largest absolute Gasteiger partial charge is 0.491 e. The molecule has 1 saturated carbocycles. The number of aliphatic hydroxyl groups is 1. The molecule has 1 aromatic rings. The van der Waals surface area contributed by atoms with Crippen LogP contribution in [-0.2, 0) is 14.3 Å². The van der Waals surface area contributed by atoms with E-state index in [0.29, 0.717) is 19.3 Å². The zero-order valence-electron chi connectivity index (χ0n) is 16.4. The average molecular weight is 407 g/mol. The number of thioether (sulfide) groups is 1. The maximum Gasteiger partial charge on any atom is 0.305 e. The van der Waals surface area contributed by atoms with Crippen molar-refractivity contribution in [2.24, 2.45) is 5.92 Å². The Hall–Kier alpha value is -1.79. The molecule has 5 nitrogen and oxygen atoms in total. The van der Waals surface area contributed by atoms with Crippen molar-refractivity contribution in [3.63, 3.8) is 0 Å². The summed E-state index contributed by atoms with van der Waals surface area (Å²) in [6.07, 6.45) is 7.48. The summed E-state index contributed by atoms with van der Waals surface area (Å²) in [5.74, 6) is 2.00. The number of unbranched alkanes of at least 4 members (excludes halogenated alkanes) is 2. The number of ether oxygens (including phenoxy) is 2. The van der Waals surface area contributed by atoms with Gasteiger partial charge in [0.25, 0.3) is 0 Å². The molecule has 0 unspecified atom stereocenters. The second-order valence-electron chi connectivity index (χ2n) is 6.98. The molecule has 0 saturated heterocycles. The summed E-state index contributed by atoms with van der Waals surface area (Å²) in [6, 6.07) is 9.39. The molecule has 1 fully saturated rings. The van der Waals surface area contributed by atoms with E-state index in [2.05, 4.69) is 4.74 Å². The van der Waals surface area contributed by atoms with Crippen LogP contribution in [0.3, 0.4) is 0 Å². The van der Waals surface area contributed by atoms with Gasteiger partial charge in [-0.1, -0.05) is 36.8 Å². The van der Waals surface area contributed by atoms with Crippen LogP contribution < -0.4 is 4.74 Å². The van der Waals surface area contributed by atoms with Crippen LogP contribution >= 0.6 is 11.8 Å². The summed E-state index contributed by atoms with van der Waals surface area (Å²) in [6.45, 7) is 0.194. The van der Waals surface area contributed by atoms with Crippen molar-refractivity contribution in [3.05, 3.63) is 42.5 Å². The molecule has 0 radical (unpaired) electrons. The maximum absolute atomic E-state index is 11.9. The van der Waals surface area contributed by atoms with Gasteiger partial charge in [0.05, 0.1) is 7.11 Å². The fraction of sp³-hybridized carbons (Fsp3) is 0.545. The van der Waals surface area contributed by atoms with E-state index in [-0.39, 0.29) is 29.5 Å². The quantitative estimate of drug-likeness (QED) is 0.323. The number of allylic oxidation sites excluding steroid dienone is 1. The number of benzene rings is 1. The van der Waals surface area contributed by atoms with E-state index in [1.807, 2.05) is 48.2 Å². The Morgan fingerprint density at radius 3 is 2.79 bits per heavy atom. The van der Waals surface area contributed by atoms with Gasteiger partial charge in [-0.15, -0.1) is 0 Å². The lowest BCUT2D eigenvalue weighted by atomic mass is 10.1. The molecule has 0 spiro atoms. The van der Waals surface area contributed by atoms with Gasteiger partial charge in [-0.3, -0.25) is 9.59 Å². The van der Waals surface area contributed by atoms with E-state index in [0.717, 1.165) is 30.8 Å². The maximum atomic E-state index is 11.9. The van der Waals surface area contributed by atoms with E-state index in [9.17, 15) is 14.7 Å². The molecule has 28 heavy (non-hydrogen) atoms. The number of carbonyl (C=O) groups excluding carboxylic acids is 2. The highest BCUT2D eigenvalue weighted by atomic mass is 32.2. The predicted molar refractivity (Wildman–Crippen MR) is 112 cm³/mol. The molecule has 0 heterocycles. The van der Waals surface area contributed by atoms with E-state index >= 15 is 0 Å². The predicted octanol–water partition coefficient (Wildman–Crippen LogP) is 3.80. The van der Waals surface area contributed by atoms with Crippen molar-refractivity contribution in [1.82, 2.24) is 0 Å². The van der Waals surface area contributed by atoms with Crippen molar-refractivity contribution >= 4 is 23.5 Å². The van der Waals surface area contributed by atoms with Crippen molar-refractivity contribution in [3.8, 4) is 5.75 Å². The lowest BCUT2D eigenvalue weighted by Crippen LogP contribution is -2.16. The topological polar surface area (TPSA) is 72.8 Å². The normalized spacial score (nSPS) is 20.4. The minimum Gasteiger partial charge on any atom is -0.491 e. The van der Waals surface area contributed by atoms with Crippen LogP contribution in [0.5, 0.6) is 5.75 Å². The number of aliphatic hydroxyl groups excluding tert-OH is 1. The third-order valence-electron chi connectivity index (χ3n) is 4.70. The van der Waals surface area contributed by atoms with Crippen molar-refractivity contribution in [2.45, 2.75) is 49.9 Å². The molecule has 0 aliphatic heterocycles. The van der Waals surface area contributed by atoms with Crippen LogP contribution in [0.2, 0.25) is 0 Å². The highest BCUT2D eigenvalue weighted by molar-refractivity contribution is 7.99. The average Bonchev–Trinajstić information content (AvgIpc) is 3.07. The van der Waals surface area contributed by atoms with Crippen LogP contribution in [-0.4, -0.2) is 47.7 Å². The van der Waals surface area contributed by atoms with Gasteiger partial charge in [0.1, 0.15) is 24.2 Å². The number of esters is 1. The summed E-state index contributed by atoms with van der Waals surface area (Å²) in [5, 5.41) is 10.4. The first-order chi connectivity index (χ1) is 13.6. The number of ketones is 1. The standard InChI is InChI=1S/C22H30O5S/c1-26-22(25)10-6-3-7-13-28-21-15-19(24)14-17(21)11-12-18(23)16-27-20-8-4-2-5-9-20/h2,4-5,8-9,11-12,17-18,21,23H,3,6-7,10,13-16H2,1H3/b12-11+/t17-,18-,21-/m0/s1. The molecular formula is C22H30O5S. The molecule has 0 amide bonds. The van der Waals surface area contributed by atoms with Crippen molar-refractivity contribution < 1.29 is 24.2 Å². The Balaban J connectivity index is 1.68. The summed E-state index contributed by atoms with van der Waals surface area (Å²) in [7, 11) is 1.41. The smallest absolute Gasteiger partial charge is 0.305 e. The van der Waals surface area contributed by atoms with Crippen LogP contribution in [0.4, 0.5) is 0 Å². The van der Waals surface area contributed by atoms with Crippen LogP contribution in [0.1, 0.15) is 38.5 Å². The van der Waals surface area contributed by atoms with Gasteiger partial charge in [-0.05, 0) is 36.6 Å². The number of methoxy groups -OCH3 is 1. The molecule has 1 aromatic carbocycles. The van der Waals surface area contributed by atoms with E-state index in [1.165, 1.54) is 7.11 Å². The lowest BCUT2D eigenvalue weighted by molar-refractivity contribution is -0.140. The molecule has 0 bridgehead atoms. The second-order valence-corrected chi connectivity index (χ2v) is 8.33. The number of hydrogen-bond donors (Lipinski definition) is 1. The molecular weight excluding hydrogens is 376 g/mol. The third-order valence-corrected chi connectivity index (χ3v) is 6.17. The first-order valence-electron chi connectivity index (χ1n) is 9.83. The van der Waals surface area contributed by atoms with Gasteiger partial charge in [-0.2, -0.15) is 11.8 Å². The molecule has 2 rings (SSSR count). The fourth-order valence-electron chi connectivity index (χ4n) is 3.14. The molecule has 3 atom stereocenters. The van der Waals surface area contributed by atoms with Crippen molar-refractivity contribution in [2.75, 3.05) is 19.5 Å². The van der Waals surface area contributed by atoms with Gasteiger partial charge in [0, 0.05) is 24.5 Å².